The molecule has 94 valence electrons. The summed E-state index contributed by atoms with van der Waals surface area (Å²) >= 11 is 0. The zero-order valence-electron chi connectivity index (χ0n) is 11.1. The third kappa shape index (κ3) is 5.14. The fraction of sp³-hybridized carbons (Fsp3) is 0.533. The number of hydrogen-bond donors (Lipinski definition) is 0. The zero-order chi connectivity index (χ0) is 12.7. The molecule has 1 rings (SSSR count). The van der Waals surface area contributed by atoms with Gasteiger partial charge in [0.2, 0.25) is 0 Å². The highest BCUT2D eigenvalue weighted by Crippen LogP contribution is 2.05. The highest BCUT2D eigenvalue weighted by atomic mass is 16.1. The van der Waals surface area contributed by atoms with E-state index in [1.165, 1.54) is 6.42 Å². The molecular weight excluding hydrogens is 210 g/mol. The van der Waals surface area contributed by atoms with E-state index in [1.54, 1.807) is 0 Å². The van der Waals surface area contributed by atoms with Crippen LogP contribution in [-0.4, -0.2) is 30.3 Å². The molecule has 17 heavy (non-hydrogen) atoms. The molecule has 0 saturated carbocycles. The molecular formula is C15H23NO. The van der Waals surface area contributed by atoms with Crippen LogP contribution in [0, 0.1) is 0 Å². The number of Topliss-reactive ketones (excluding diaryl/α,β-unsaturated/α-hetero) is 1. The van der Waals surface area contributed by atoms with Gasteiger partial charge in [-0.1, -0.05) is 43.7 Å². The van der Waals surface area contributed by atoms with Crippen molar-refractivity contribution in [1.82, 2.24) is 4.90 Å². The van der Waals surface area contributed by atoms with Gasteiger partial charge in [-0.3, -0.25) is 9.69 Å². The quantitative estimate of drug-likeness (QED) is 0.721. The van der Waals surface area contributed by atoms with Gasteiger partial charge in [-0.15, -0.1) is 0 Å². The average Bonchev–Trinajstić information content (AvgIpc) is 2.30. The minimum Gasteiger partial charge on any atom is -0.298 e. The number of hydrogen-bond acceptors (Lipinski definition) is 2. The van der Waals surface area contributed by atoms with Crippen molar-refractivity contribution in [3.63, 3.8) is 0 Å². The number of ketones is 1. The van der Waals surface area contributed by atoms with Crippen molar-refractivity contribution in [3.05, 3.63) is 35.9 Å². The summed E-state index contributed by atoms with van der Waals surface area (Å²) in [7, 11) is 2.03. The van der Waals surface area contributed by atoms with Crippen molar-refractivity contribution in [2.75, 3.05) is 13.6 Å². The number of benzene rings is 1. The Bertz CT molecular complexity index is 334. The monoisotopic (exact) mass is 233 g/mol. The SMILES string of the molecule is CCCC(C)N(C)CC(=O)Cc1ccccc1. The highest BCUT2D eigenvalue weighted by molar-refractivity contribution is 5.82. The Morgan fingerprint density at radius 2 is 1.94 bits per heavy atom. The maximum absolute atomic E-state index is 11.9. The zero-order valence-corrected chi connectivity index (χ0v) is 11.1. The molecule has 0 bridgehead atoms. The van der Waals surface area contributed by atoms with E-state index >= 15 is 0 Å². The maximum Gasteiger partial charge on any atom is 0.151 e. The molecule has 0 aliphatic heterocycles. The summed E-state index contributed by atoms with van der Waals surface area (Å²) < 4.78 is 0. The van der Waals surface area contributed by atoms with E-state index in [-0.39, 0.29) is 0 Å². The first-order valence-electron chi connectivity index (χ1n) is 6.39. The van der Waals surface area contributed by atoms with E-state index in [0.29, 0.717) is 24.8 Å². The predicted molar refractivity (Wildman–Crippen MR) is 72.2 cm³/mol. The van der Waals surface area contributed by atoms with Crippen molar-refractivity contribution in [2.45, 2.75) is 39.2 Å². The van der Waals surface area contributed by atoms with E-state index in [1.807, 2.05) is 37.4 Å². The van der Waals surface area contributed by atoms with Crippen LogP contribution in [0.25, 0.3) is 0 Å². The summed E-state index contributed by atoms with van der Waals surface area (Å²) in [6.45, 7) is 4.91. The van der Waals surface area contributed by atoms with Crippen LogP contribution in [0.5, 0.6) is 0 Å². The molecule has 0 aliphatic rings. The average molecular weight is 233 g/mol. The van der Waals surface area contributed by atoms with Crippen LogP contribution in [0.4, 0.5) is 0 Å². The summed E-state index contributed by atoms with van der Waals surface area (Å²) in [6.07, 6.45) is 2.86. The van der Waals surface area contributed by atoms with Crippen LogP contribution in [0.2, 0.25) is 0 Å². The summed E-state index contributed by atoms with van der Waals surface area (Å²) in [6, 6.07) is 10.4. The van der Waals surface area contributed by atoms with Crippen LogP contribution < -0.4 is 0 Å². The lowest BCUT2D eigenvalue weighted by molar-refractivity contribution is -0.119. The number of rotatable bonds is 7. The first kappa shape index (κ1) is 13.9. The topological polar surface area (TPSA) is 20.3 Å². The Kier molecular flexibility index (Phi) is 5.92. The molecule has 0 fully saturated rings. The molecule has 2 heteroatoms. The van der Waals surface area contributed by atoms with Crippen molar-refractivity contribution < 1.29 is 4.79 Å². The van der Waals surface area contributed by atoms with Gasteiger partial charge in [0.15, 0.2) is 5.78 Å². The third-order valence-corrected chi connectivity index (χ3v) is 3.13. The lowest BCUT2D eigenvalue weighted by atomic mass is 10.1. The minimum absolute atomic E-state index is 0.293. The molecule has 1 aromatic carbocycles. The summed E-state index contributed by atoms with van der Waals surface area (Å²) in [4.78, 5) is 14.0. The van der Waals surface area contributed by atoms with Gasteiger partial charge in [-0.05, 0) is 26.0 Å². The van der Waals surface area contributed by atoms with Crippen LogP contribution in [-0.2, 0) is 11.2 Å². The minimum atomic E-state index is 0.293. The maximum atomic E-state index is 11.9. The largest absolute Gasteiger partial charge is 0.298 e. The molecule has 0 radical (unpaired) electrons. The van der Waals surface area contributed by atoms with Gasteiger partial charge < -0.3 is 0 Å². The predicted octanol–water partition coefficient (Wildman–Crippen LogP) is 2.92. The fourth-order valence-corrected chi connectivity index (χ4v) is 1.95. The molecule has 0 amide bonds. The van der Waals surface area contributed by atoms with Gasteiger partial charge in [0.25, 0.3) is 0 Å². The number of carbonyl (C=O) groups excluding carboxylic acids is 1. The van der Waals surface area contributed by atoms with Crippen LogP contribution in [0.3, 0.4) is 0 Å². The first-order valence-corrected chi connectivity index (χ1v) is 6.39. The van der Waals surface area contributed by atoms with Crippen molar-refractivity contribution in [1.29, 1.82) is 0 Å². The van der Waals surface area contributed by atoms with Crippen molar-refractivity contribution >= 4 is 5.78 Å². The van der Waals surface area contributed by atoms with Crippen LogP contribution in [0.15, 0.2) is 30.3 Å². The molecule has 1 unspecified atom stereocenters. The summed E-state index contributed by atoms with van der Waals surface area (Å²) in [5.74, 6) is 0.293. The summed E-state index contributed by atoms with van der Waals surface area (Å²) in [5, 5.41) is 0. The Balaban J connectivity index is 2.39. The smallest absolute Gasteiger partial charge is 0.151 e. The summed E-state index contributed by atoms with van der Waals surface area (Å²) in [5.41, 5.74) is 1.11. The molecule has 0 spiro atoms. The molecule has 0 saturated heterocycles. The third-order valence-electron chi connectivity index (χ3n) is 3.13. The molecule has 0 heterocycles. The van der Waals surface area contributed by atoms with Crippen molar-refractivity contribution in [2.24, 2.45) is 0 Å². The standard InChI is InChI=1S/C15H23NO/c1-4-8-13(2)16(3)12-15(17)11-14-9-6-5-7-10-14/h5-7,9-10,13H,4,8,11-12H2,1-3H3. The van der Waals surface area contributed by atoms with Gasteiger partial charge in [0, 0.05) is 12.5 Å². The van der Waals surface area contributed by atoms with E-state index in [2.05, 4.69) is 18.7 Å². The molecule has 0 aliphatic carbocycles. The highest BCUT2D eigenvalue weighted by Gasteiger charge is 2.12. The Hall–Kier alpha value is -1.15. The molecule has 1 atom stereocenters. The second-order valence-corrected chi connectivity index (χ2v) is 4.75. The van der Waals surface area contributed by atoms with Gasteiger partial charge in [-0.2, -0.15) is 0 Å². The first-order chi connectivity index (χ1) is 8.13. The van der Waals surface area contributed by atoms with Gasteiger partial charge in [-0.25, -0.2) is 0 Å². The Labute approximate surface area is 105 Å². The van der Waals surface area contributed by atoms with Gasteiger partial charge in [0.05, 0.1) is 6.54 Å². The Morgan fingerprint density at radius 3 is 2.53 bits per heavy atom. The van der Waals surface area contributed by atoms with E-state index < -0.39 is 0 Å². The lowest BCUT2D eigenvalue weighted by Crippen LogP contribution is -2.34. The molecule has 2 nitrogen and oxygen atoms in total. The van der Waals surface area contributed by atoms with E-state index in [9.17, 15) is 4.79 Å². The number of likely N-dealkylation sites (N-methyl/N-ethyl adjacent to an activating group) is 1. The van der Waals surface area contributed by atoms with Gasteiger partial charge in [0.1, 0.15) is 0 Å². The Morgan fingerprint density at radius 1 is 1.29 bits per heavy atom. The number of carbonyl (C=O) groups is 1. The van der Waals surface area contributed by atoms with E-state index in [4.69, 9.17) is 0 Å². The molecule has 0 N–H and O–H groups in total. The molecule has 0 aromatic heterocycles. The fourth-order valence-electron chi connectivity index (χ4n) is 1.95. The van der Waals surface area contributed by atoms with Crippen LogP contribution in [0.1, 0.15) is 32.3 Å². The van der Waals surface area contributed by atoms with Crippen LogP contribution >= 0.6 is 0 Å². The number of nitrogens with zero attached hydrogens (tertiary/aromatic N) is 1. The van der Waals surface area contributed by atoms with E-state index in [0.717, 1.165) is 12.0 Å². The second kappa shape index (κ2) is 7.23. The van der Waals surface area contributed by atoms with Crippen molar-refractivity contribution in [3.8, 4) is 0 Å². The normalized spacial score (nSPS) is 12.7. The second-order valence-electron chi connectivity index (χ2n) is 4.75. The van der Waals surface area contributed by atoms with Gasteiger partial charge >= 0.3 is 0 Å². The lowest BCUT2D eigenvalue weighted by Gasteiger charge is -2.23. The molecule has 1 aromatic rings.